The number of ether oxygens (including phenoxy) is 1. The first-order chi connectivity index (χ1) is 10.7. The lowest BCUT2D eigenvalue weighted by molar-refractivity contribution is -0.115. The summed E-state index contributed by atoms with van der Waals surface area (Å²) >= 11 is 0. The molecule has 0 aliphatic rings. The molecule has 0 saturated carbocycles. The summed E-state index contributed by atoms with van der Waals surface area (Å²) in [7, 11) is 0. The molecule has 1 aromatic rings. The number of ketones is 1. The molecule has 121 valence electrons. The highest BCUT2D eigenvalue weighted by atomic mass is 16.5. The quantitative estimate of drug-likeness (QED) is 0.628. The van der Waals surface area contributed by atoms with Gasteiger partial charge in [0, 0.05) is 6.42 Å². The van der Waals surface area contributed by atoms with Crippen molar-refractivity contribution >= 4 is 11.9 Å². The van der Waals surface area contributed by atoms with Crippen LogP contribution in [0.2, 0.25) is 0 Å². The van der Waals surface area contributed by atoms with Crippen molar-refractivity contribution < 1.29 is 14.3 Å². The highest BCUT2D eigenvalue weighted by molar-refractivity contribution is 5.90. The van der Waals surface area contributed by atoms with E-state index in [1.54, 1.807) is 6.42 Å². The molecule has 1 aromatic carbocycles. The highest BCUT2D eigenvalue weighted by Gasteiger charge is 2.06. The van der Waals surface area contributed by atoms with Crippen LogP contribution < -0.4 is 5.32 Å². The number of hydrogen-bond donors (Lipinski definition) is 1. The number of amides is 1. The van der Waals surface area contributed by atoms with Crippen molar-refractivity contribution in [3.8, 4) is 0 Å². The van der Waals surface area contributed by atoms with Crippen LogP contribution in [0.4, 0.5) is 4.79 Å². The minimum absolute atomic E-state index is 0.00256. The van der Waals surface area contributed by atoms with E-state index >= 15 is 0 Å². The molecular weight excluding hydrogens is 278 g/mol. The minimum atomic E-state index is -0.562. The van der Waals surface area contributed by atoms with Crippen LogP contribution in [0.1, 0.15) is 51.0 Å². The van der Waals surface area contributed by atoms with Gasteiger partial charge in [0.05, 0.1) is 6.54 Å². The lowest BCUT2D eigenvalue weighted by atomic mass is 10.1. The Morgan fingerprint density at radius 3 is 2.55 bits per heavy atom. The Morgan fingerprint density at radius 1 is 1.09 bits per heavy atom. The number of benzene rings is 1. The zero-order valence-corrected chi connectivity index (χ0v) is 13.3. The molecule has 0 aliphatic carbocycles. The molecule has 4 heteroatoms. The van der Waals surface area contributed by atoms with E-state index in [-0.39, 0.29) is 18.9 Å². The first-order valence-electron chi connectivity index (χ1n) is 8.03. The Kier molecular flexibility index (Phi) is 9.75. The van der Waals surface area contributed by atoms with Gasteiger partial charge >= 0.3 is 6.09 Å². The van der Waals surface area contributed by atoms with E-state index in [1.807, 2.05) is 30.3 Å². The number of Topliss-reactive ketones (excluding diaryl/α,β-unsaturated/α-hetero) is 1. The van der Waals surface area contributed by atoms with Crippen LogP contribution in [-0.4, -0.2) is 18.4 Å². The molecule has 0 heterocycles. The van der Waals surface area contributed by atoms with Gasteiger partial charge in [-0.1, -0.05) is 69.4 Å². The molecule has 1 N–H and O–H groups in total. The van der Waals surface area contributed by atoms with E-state index in [2.05, 4.69) is 12.2 Å². The molecule has 1 amide bonds. The van der Waals surface area contributed by atoms with Crippen molar-refractivity contribution in [1.29, 1.82) is 0 Å². The second kappa shape index (κ2) is 11.8. The van der Waals surface area contributed by atoms with E-state index in [1.165, 1.54) is 19.3 Å². The van der Waals surface area contributed by atoms with Crippen LogP contribution in [0.5, 0.6) is 0 Å². The molecular formula is C18H26NO3. The van der Waals surface area contributed by atoms with E-state index < -0.39 is 6.09 Å². The molecule has 1 radical (unpaired) electrons. The summed E-state index contributed by atoms with van der Waals surface area (Å²) in [4.78, 5) is 23.1. The zero-order valence-electron chi connectivity index (χ0n) is 13.3. The fraction of sp³-hybridized carbons (Fsp3) is 0.500. The molecule has 0 atom stereocenters. The van der Waals surface area contributed by atoms with Crippen LogP contribution >= 0.6 is 0 Å². The molecule has 22 heavy (non-hydrogen) atoms. The smallest absolute Gasteiger partial charge is 0.407 e. The van der Waals surface area contributed by atoms with Gasteiger partial charge in [0.25, 0.3) is 0 Å². The summed E-state index contributed by atoms with van der Waals surface area (Å²) in [6.07, 6.45) is 7.76. The summed E-state index contributed by atoms with van der Waals surface area (Å²) in [5, 5.41) is 2.47. The van der Waals surface area contributed by atoms with Crippen molar-refractivity contribution in [1.82, 2.24) is 5.32 Å². The lowest BCUT2D eigenvalue weighted by Gasteiger charge is -2.06. The maximum atomic E-state index is 11.6. The molecule has 0 saturated heterocycles. The van der Waals surface area contributed by atoms with Gasteiger partial charge in [-0.15, -0.1) is 0 Å². The number of rotatable bonds is 11. The Labute approximate surface area is 133 Å². The van der Waals surface area contributed by atoms with Crippen LogP contribution in [0, 0.1) is 6.42 Å². The molecule has 0 bridgehead atoms. The van der Waals surface area contributed by atoms with Gasteiger partial charge in [-0.25, -0.2) is 4.79 Å². The predicted molar refractivity (Wildman–Crippen MR) is 87.3 cm³/mol. The molecule has 4 nitrogen and oxygen atoms in total. The van der Waals surface area contributed by atoms with E-state index in [0.29, 0.717) is 0 Å². The van der Waals surface area contributed by atoms with Crippen molar-refractivity contribution in [3.05, 3.63) is 42.3 Å². The summed E-state index contributed by atoms with van der Waals surface area (Å²) in [6, 6.07) is 9.43. The number of unbranched alkanes of at least 4 members (excludes halogenated alkanes) is 5. The Hall–Kier alpha value is -1.84. The second-order valence-corrected chi connectivity index (χ2v) is 5.29. The molecule has 0 aliphatic heterocycles. The number of hydrogen-bond acceptors (Lipinski definition) is 3. The van der Waals surface area contributed by atoms with Crippen molar-refractivity contribution in [2.24, 2.45) is 0 Å². The zero-order chi connectivity index (χ0) is 16.0. The average molecular weight is 304 g/mol. The predicted octanol–water partition coefficient (Wildman–Crippen LogP) is 4.05. The first-order valence-corrected chi connectivity index (χ1v) is 8.03. The number of carbonyl (C=O) groups is 2. The van der Waals surface area contributed by atoms with Gasteiger partial charge in [0.1, 0.15) is 6.61 Å². The molecule has 0 fully saturated rings. The molecule has 0 aromatic heterocycles. The fourth-order valence-electron chi connectivity index (χ4n) is 2.02. The average Bonchev–Trinajstić information content (AvgIpc) is 2.55. The summed E-state index contributed by atoms with van der Waals surface area (Å²) in [6.45, 7) is 2.39. The van der Waals surface area contributed by atoms with Crippen LogP contribution in [0.3, 0.4) is 0 Å². The van der Waals surface area contributed by atoms with Gasteiger partial charge in [-0.3, -0.25) is 4.79 Å². The van der Waals surface area contributed by atoms with Crippen LogP contribution in [-0.2, 0) is 16.1 Å². The third-order valence-electron chi connectivity index (χ3n) is 3.30. The third kappa shape index (κ3) is 9.16. The van der Waals surface area contributed by atoms with E-state index in [4.69, 9.17) is 4.74 Å². The van der Waals surface area contributed by atoms with Gasteiger partial charge in [0.15, 0.2) is 5.78 Å². The summed E-state index contributed by atoms with van der Waals surface area (Å²) in [5.74, 6) is -0.0628. The topological polar surface area (TPSA) is 55.4 Å². The first kappa shape index (κ1) is 18.2. The third-order valence-corrected chi connectivity index (χ3v) is 3.30. The van der Waals surface area contributed by atoms with Crippen molar-refractivity contribution in [2.75, 3.05) is 6.54 Å². The molecule has 0 spiro atoms. The Balaban J connectivity index is 2.02. The monoisotopic (exact) mass is 304 g/mol. The van der Waals surface area contributed by atoms with E-state index in [0.717, 1.165) is 24.8 Å². The standard InChI is InChI=1S/C18H26NO3/c1-2-3-4-5-6-10-13-17(20)14-19-18(21)22-15-16-11-8-7-9-12-16/h7-9,11-13H,2-6,10,14-15H2,1H3,(H,19,21). The molecule has 0 unspecified atom stereocenters. The number of carbonyl (C=O) groups excluding carboxylic acids is 2. The maximum absolute atomic E-state index is 11.6. The lowest BCUT2D eigenvalue weighted by Crippen LogP contribution is -2.30. The van der Waals surface area contributed by atoms with Crippen molar-refractivity contribution in [3.63, 3.8) is 0 Å². The minimum Gasteiger partial charge on any atom is -0.445 e. The van der Waals surface area contributed by atoms with Gasteiger partial charge in [-0.2, -0.15) is 0 Å². The van der Waals surface area contributed by atoms with Crippen molar-refractivity contribution in [2.45, 2.75) is 52.1 Å². The SMILES string of the molecule is CCCCCCC[CH]C(=O)CNC(=O)OCc1ccccc1. The Morgan fingerprint density at radius 2 is 1.82 bits per heavy atom. The van der Waals surface area contributed by atoms with E-state index in [9.17, 15) is 9.59 Å². The highest BCUT2D eigenvalue weighted by Crippen LogP contribution is 2.06. The van der Waals surface area contributed by atoms with Gasteiger partial charge in [-0.05, 0) is 12.0 Å². The number of alkyl carbamates (subject to hydrolysis) is 1. The van der Waals surface area contributed by atoms with Gasteiger partial charge < -0.3 is 10.1 Å². The summed E-state index contributed by atoms with van der Waals surface area (Å²) < 4.78 is 5.03. The van der Waals surface area contributed by atoms with Crippen LogP contribution in [0.15, 0.2) is 30.3 Å². The maximum Gasteiger partial charge on any atom is 0.407 e. The molecule has 1 rings (SSSR count). The second-order valence-electron chi connectivity index (χ2n) is 5.29. The number of nitrogens with one attached hydrogen (secondary N) is 1. The Bertz CT molecular complexity index is 431. The fourth-order valence-corrected chi connectivity index (χ4v) is 2.02. The largest absolute Gasteiger partial charge is 0.445 e. The summed E-state index contributed by atoms with van der Waals surface area (Å²) in [5.41, 5.74) is 0.919. The normalized spacial score (nSPS) is 10.2. The van der Waals surface area contributed by atoms with Crippen LogP contribution in [0.25, 0.3) is 0 Å². The van der Waals surface area contributed by atoms with Gasteiger partial charge in [0.2, 0.25) is 0 Å².